The molecule has 0 spiro atoms. The van der Waals surface area contributed by atoms with Crippen molar-refractivity contribution in [2.75, 3.05) is 5.88 Å². The molecule has 0 fully saturated rings. The van der Waals surface area contributed by atoms with Crippen molar-refractivity contribution >= 4 is 11.6 Å². The summed E-state index contributed by atoms with van der Waals surface area (Å²) in [7, 11) is 0. The summed E-state index contributed by atoms with van der Waals surface area (Å²) in [5.74, 6) is 0.705. The first-order chi connectivity index (χ1) is 10.1. The van der Waals surface area contributed by atoms with Crippen LogP contribution in [0.25, 0.3) is 0 Å². The maximum atomic E-state index is 6.49. The van der Waals surface area contributed by atoms with Gasteiger partial charge in [-0.1, -0.05) is 42.5 Å². The molecular formula is C20H23Cl. The number of hydrogen-bond acceptors (Lipinski definition) is 0. The molecule has 0 saturated carbocycles. The molecule has 21 heavy (non-hydrogen) atoms. The van der Waals surface area contributed by atoms with Crippen LogP contribution in [-0.2, 0) is 18.3 Å². The molecule has 2 aromatic carbocycles. The summed E-state index contributed by atoms with van der Waals surface area (Å²) in [4.78, 5) is 0. The summed E-state index contributed by atoms with van der Waals surface area (Å²) >= 11 is 6.49. The molecule has 1 atom stereocenters. The zero-order valence-electron chi connectivity index (χ0n) is 13.0. The van der Waals surface area contributed by atoms with Crippen molar-refractivity contribution in [2.45, 2.75) is 44.9 Å². The van der Waals surface area contributed by atoms with Gasteiger partial charge in [0.25, 0.3) is 0 Å². The number of fused-ring (bicyclic) bond motifs is 1. The maximum Gasteiger partial charge on any atom is 0.0323 e. The third kappa shape index (κ3) is 2.74. The fraction of sp³-hybridized carbons (Fsp3) is 0.400. The molecule has 0 saturated heterocycles. The Hall–Kier alpha value is -1.27. The van der Waals surface area contributed by atoms with E-state index in [4.69, 9.17) is 11.6 Å². The van der Waals surface area contributed by atoms with Gasteiger partial charge in [0, 0.05) is 11.3 Å². The molecule has 2 aromatic rings. The van der Waals surface area contributed by atoms with Gasteiger partial charge in [0.15, 0.2) is 0 Å². The number of rotatable bonds is 3. The minimum Gasteiger partial charge on any atom is -0.126 e. The van der Waals surface area contributed by atoms with E-state index in [1.807, 2.05) is 0 Å². The Labute approximate surface area is 133 Å². The standard InChI is InChI=1S/C20H23Cl/c1-15-9-10-17(12-16(15)2)13-20(14-21)11-5-7-18-6-3-4-8-19(18)20/h3-4,6,8-10,12H,5,7,11,13-14H2,1-2H3. The Bertz CT molecular complexity index is 644. The van der Waals surface area contributed by atoms with Gasteiger partial charge in [0.1, 0.15) is 0 Å². The Balaban J connectivity index is 2.00. The third-order valence-corrected chi connectivity index (χ3v) is 5.57. The fourth-order valence-electron chi connectivity index (χ4n) is 3.68. The largest absolute Gasteiger partial charge is 0.126 e. The van der Waals surface area contributed by atoms with Gasteiger partial charge in [-0.15, -0.1) is 11.6 Å². The summed E-state index contributed by atoms with van der Waals surface area (Å²) in [6, 6.07) is 15.7. The van der Waals surface area contributed by atoms with Crippen molar-refractivity contribution in [3.8, 4) is 0 Å². The highest BCUT2D eigenvalue weighted by Gasteiger charge is 2.35. The molecule has 3 rings (SSSR count). The van der Waals surface area contributed by atoms with Crippen LogP contribution in [0.3, 0.4) is 0 Å². The molecule has 0 nitrogen and oxygen atoms in total. The minimum absolute atomic E-state index is 0.109. The van der Waals surface area contributed by atoms with Gasteiger partial charge in [-0.25, -0.2) is 0 Å². The highest BCUT2D eigenvalue weighted by Crippen LogP contribution is 2.41. The number of benzene rings is 2. The number of alkyl halides is 1. The Morgan fingerprint density at radius 1 is 1.05 bits per heavy atom. The second kappa shape index (κ2) is 5.85. The van der Waals surface area contributed by atoms with Crippen LogP contribution < -0.4 is 0 Å². The van der Waals surface area contributed by atoms with Crippen molar-refractivity contribution < 1.29 is 0 Å². The second-order valence-electron chi connectivity index (χ2n) is 6.52. The van der Waals surface area contributed by atoms with Crippen LogP contribution in [0, 0.1) is 13.8 Å². The van der Waals surface area contributed by atoms with Crippen molar-refractivity contribution in [2.24, 2.45) is 0 Å². The number of halogens is 1. The Morgan fingerprint density at radius 3 is 2.62 bits per heavy atom. The van der Waals surface area contributed by atoms with Crippen LogP contribution in [0.2, 0.25) is 0 Å². The van der Waals surface area contributed by atoms with Gasteiger partial charge in [-0.3, -0.25) is 0 Å². The molecular weight excluding hydrogens is 276 g/mol. The molecule has 0 N–H and O–H groups in total. The molecule has 0 bridgehead atoms. The van der Waals surface area contributed by atoms with Crippen LogP contribution in [0.4, 0.5) is 0 Å². The van der Waals surface area contributed by atoms with E-state index in [-0.39, 0.29) is 5.41 Å². The molecule has 0 radical (unpaired) electrons. The normalized spacial score (nSPS) is 21.1. The van der Waals surface area contributed by atoms with E-state index in [9.17, 15) is 0 Å². The second-order valence-corrected chi connectivity index (χ2v) is 6.79. The molecule has 0 aliphatic heterocycles. The first-order valence-corrected chi connectivity index (χ1v) is 8.38. The van der Waals surface area contributed by atoms with Crippen LogP contribution >= 0.6 is 11.6 Å². The maximum absolute atomic E-state index is 6.49. The average Bonchev–Trinajstić information content (AvgIpc) is 2.51. The van der Waals surface area contributed by atoms with Crippen LogP contribution in [0.5, 0.6) is 0 Å². The fourth-order valence-corrected chi connectivity index (χ4v) is 4.05. The van der Waals surface area contributed by atoms with Gasteiger partial charge in [-0.2, -0.15) is 0 Å². The highest BCUT2D eigenvalue weighted by molar-refractivity contribution is 6.18. The van der Waals surface area contributed by atoms with Gasteiger partial charge < -0.3 is 0 Å². The number of aryl methyl sites for hydroxylation is 3. The van der Waals surface area contributed by atoms with Crippen LogP contribution in [-0.4, -0.2) is 5.88 Å². The zero-order valence-corrected chi connectivity index (χ0v) is 13.7. The summed E-state index contributed by atoms with van der Waals surface area (Å²) < 4.78 is 0. The summed E-state index contributed by atoms with van der Waals surface area (Å²) in [5.41, 5.74) is 7.23. The molecule has 1 heteroatoms. The lowest BCUT2D eigenvalue weighted by Crippen LogP contribution is -2.35. The predicted molar refractivity (Wildman–Crippen MR) is 91.4 cm³/mol. The number of hydrogen-bond donors (Lipinski definition) is 0. The van der Waals surface area contributed by atoms with E-state index >= 15 is 0 Å². The predicted octanol–water partition coefficient (Wildman–Crippen LogP) is 5.36. The van der Waals surface area contributed by atoms with Gasteiger partial charge in [0.05, 0.1) is 0 Å². The monoisotopic (exact) mass is 298 g/mol. The molecule has 1 aliphatic carbocycles. The SMILES string of the molecule is Cc1ccc(CC2(CCl)CCCc3ccccc32)cc1C. The lowest BCUT2D eigenvalue weighted by molar-refractivity contribution is 0.396. The topological polar surface area (TPSA) is 0 Å². The smallest absolute Gasteiger partial charge is 0.0323 e. The molecule has 0 heterocycles. The van der Waals surface area contributed by atoms with Crippen LogP contribution in [0.1, 0.15) is 40.7 Å². The minimum atomic E-state index is 0.109. The highest BCUT2D eigenvalue weighted by atomic mass is 35.5. The third-order valence-electron chi connectivity index (χ3n) is 5.06. The van der Waals surface area contributed by atoms with Crippen molar-refractivity contribution in [1.29, 1.82) is 0 Å². The quantitative estimate of drug-likeness (QED) is 0.669. The van der Waals surface area contributed by atoms with Gasteiger partial charge >= 0.3 is 0 Å². The zero-order chi connectivity index (χ0) is 14.9. The average molecular weight is 299 g/mol. The van der Waals surface area contributed by atoms with E-state index in [0.29, 0.717) is 5.88 Å². The van der Waals surface area contributed by atoms with E-state index < -0.39 is 0 Å². The molecule has 1 aliphatic rings. The molecule has 0 amide bonds. The Morgan fingerprint density at radius 2 is 1.86 bits per heavy atom. The molecule has 0 aromatic heterocycles. The van der Waals surface area contributed by atoms with Crippen molar-refractivity contribution in [1.82, 2.24) is 0 Å². The first-order valence-electron chi connectivity index (χ1n) is 7.85. The van der Waals surface area contributed by atoms with Crippen LogP contribution in [0.15, 0.2) is 42.5 Å². The summed E-state index contributed by atoms with van der Waals surface area (Å²) in [5, 5.41) is 0. The van der Waals surface area contributed by atoms with Gasteiger partial charge in [-0.05, 0) is 67.3 Å². The van der Waals surface area contributed by atoms with E-state index in [0.717, 1.165) is 6.42 Å². The van der Waals surface area contributed by atoms with E-state index in [1.165, 1.54) is 47.1 Å². The lowest BCUT2D eigenvalue weighted by Gasteiger charge is -2.38. The van der Waals surface area contributed by atoms with E-state index in [2.05, 4.69) is 56.3 Å². The molecule has 1 unspecified atom stereocenters. The van der Waals surface area contributed by atoms with E-state index in [1.54, 1.807) is 0 Å². The van der Waals surface area contributed by atoms with Crippen molar-refractivity contribution in [3.63, 3.8) is 0 Å². The van der Waals surface area contributed by atoms with Gasteiger partial charge in [0.2, 0.25) is 0 Å². The molecule has 110 valence electrons. The first kappa shape index (κ1) is 14.7. The summed E-state index contributed by atoms with van der Waals surface area (Å²) in [6.45, 7) is 4.37. The lowest BCUT2D eigenvalue weighted by atomic mass is 9.68. The van der Waals surface area contributed by atoms with Crippen molar-refractivity contribution in [3.05, 3.63) is 70.3 Å². The Kier molecular flexibility index (Phi) is 4.08. The summed E-state index contributed by atoms with van der Waals surface area (Å²) in [6.07, 6.45) is 4.69.